The number of ether oxygens (including phenoxy) is 2. The number of nitrogens with one attached hydrogen (secondary N) is 2. The third kappa shape index (κ3) is 4.56. The molecule has 0 amide bonds. The van der Waals surface area contributed by atoms with Crippen LogP contribution in [0.25, 0.3) is 11.1 Å². The number of carbonyl (C=O) groups is 1. The summed E-state index contributed by atoms with van der Waals surface area (Å²) in [7, 11) is 3.08. The van der Waals surface area contributed by atoms with E-state index in [1.807, 2.05) is 30.3 Å². The molecule has 2 N–H and O–H groups in total. The van der Waals surface area contributed by atoms with Gasteiger partial charge in [-0.2, -0.15) is 0 Å². The maximum atomic E-state index is 11.6. The highest BCUT2D eigenvalue weighted by molar-refractivity contribution is 5.96. The van der Waals surface area contributed by atoms with E-state index in [-0.39, 0.29) is 12.6 Å². The average molecular weight is 341 g/mol. The van der Waals surface area contributed by atoms with E-state index in [0.717, 1.165) is 16.7 Å². The lowest BCUT2D eigenvalue weighted by molar-refractivity contribution is -0.152. The fraction of sp³-hybridized carbons (Fsp3) is 0.316. The molecule has 0 aliphatic rings. The highest BCUT2D eigenvalue weighted by atomic mass is 16.5. The highest BCUT2D eigenvalue weighted by Gasteiger charge is 2.29. The van der Waals surface area contributed by atoms with Crippen molar-refractivity contribution in [1.29, 1.82) is 5.41 Å². The number of hydrogen-bond donors (Lipinski definition) is 2. The number of aromatic nitrogens is 1. The summed E-state index contributed by atoms with van der Waals surface area (Å²) in [4.78, 5) is 15.9. The van der Waals surface area contributed by atoms with Gasteiger partial charge in [0.1, 0.15) is 12.4 Å². The van der Waals surface area contributed by atoms with E-state index in [2.05, 4.69) is 10.3 Å². The number of benzene rings is 1. The molecular formula is C19H23N3O3. The van der Waals surface area contributed by atoms with Crippen LogP contribution < -0.4 is 10.1 Å². The van der Waals surface area contributed by atoms with Crippen LogP contribution in [0.5, 0.6) is 5.88 Å². The first kappa shape index (κ1) is 18.4. The molecule has 0 atom stereocenters. The molecule has 0 spiro atoms. The number of esters is 1. The largest absolute Gasteiger partial charge is 0.476 e. The van der Waals surface area contributed by atoms with Crippen molar-refractivity contribution in [3.05, 3.63) is 48.2 Å². The zero-order chi connectivity index (χ0) is 18.4. The molecule has 0 radical (unpaired) electrons. The second-order valence-electron chi connectivity index (χ2n) is 6.25. The van der Waals surface area contributed by atoms with Gasteiger partial charge in [-0.05, 0) is 25.5 Å². The zero-order valence-electron chi connectivity index (χ0n) is 14.9. The van der Waals surface area contributed by atoms with Crippen molar-refractivity contribution in [2.45, 2.75) is 13.8 Å². The molecule has 0 aliphatic heterocycles. The van der Waals surface area contributed by atoms with Crippen LogP contribution >= 0.6 is 0 Å². The Hall–Kier alpha value is -2.89. The van der Waals surface area contributed by atoms with Gasteiger partial charge in [0.2, 0.25) is 5.88 Å². The number of amidine groups is 1. The van der Waals surface area contributed by atoms with E-state index >= 15 is 0 Å². The molecule has 6 heteroatoms. The second kappa shape index (κ2) is 7.79. The minimum absolute atomic E-state index is 0.187. The number of hydrogen-bond acceptors (Lipinski definition) is 5. The molecular weight excluding hydrogens is 318 g/mol. The topological polar surface area (TPSA) is 84.3 Å². The van der Waals surface area contributed by atoms with Crippen LogP contribution in [-0.4, -0.2) is 37.6 Å². The summed E-state index contributed by atoms with van der Waals surface area (Å²) >= 11 is 0. The molecule has 0 saturated carbocycles. The van der Waals surface area contributed by atoms with Gasteiger partial charge in [0.05, 0.1) is 12.5 Å². The Balaban J connectivity index is 2.04. The first-order valence-corrected chi connectivity index (χ1v) is 7.92. The van der Waals surface area contributed by atoms with Gasteiger partial charge in [0, 0.05) is 30.4 Å². The van der Waals surface area contributed by atoms with Crippen molar-refractivity contribution in [2.75, 3.05) is 20.8 Å². The van der Waals surface area contributed by atoms with Crippen molar-refractivity contribution in [3.63, 3.8) is 0 Å². The molecule has 2 rings (SSSR count). The van der Waals surface area contributed by atoms with Crippen LogP contribution in [-0.2, 0) is 9.53 Å². The quantitative estimate of drug-likeness (QED) is 0.479. The normalized spacial score (nSPS) is 10.9. The fourth-order valence-corrected chi connectivity index (χ4v) is 2.20. The van der Waals surface area contributed by atoms with E-state index in [0.29, 0.717) is 11.7 Å². The van der Waals surface area contributed by atoms with Gasteiger partial charge in [-0.3, -0.25) is 10.2 Å². The zero-order valence-corrected chi connectivity index (χ0v) is 14.9. The molecule has 0 unspecified atom stereocenters. The maximum Gasteiger partial charge on any atom is 0.314 e. The van der Waals surface area contributed by atoms with E-state index in [9.17, 15) is 4.79 Å². The van der Waals surface area contributed by atoms with Crippen LogP contribution in [0.1, 0.15) is 19.4 Å². The van der Waals surface area contributed by atoms with Crippen LogP contribution in [0, 0.1) is 10.8 Å². The number of methoxy groups -OCH3 is 1. The van der Waals surface area contributed by atoms with Crippen molar-refractivity contribution >= 4 is 11.8 Å². The molecule has 0 aliphatic carbocycles. The molecule has 0 saturated heterocycles. The van der Waals surface area contributed by atoms with E-state index in [4.69, 9.17) is 14.9 Å². The Labute approximate surface area is 147 Å². The highest BCUT2D eigenvalue weighted by Crippen LogP contribution is 2.23. The van der Waals surface area contributed by atoms with Gasteiger partial charge in [-0.1, -0.05) is 24.3 Å². The Morgan fingerprint density at radius 1 is 1.16 bits per heavy atom. The van der Waals surface area contributed by atoms with Gasteiger partial charge < -0.3 is 14.8 Å². The second-order valence-corrected chi connectivity index (χ2v) is 6.25. The predicted octanol–water partition coefficient (Wildman–Crippen LogP) is 2.87. The summed E-state index contributed by atoms with van der Waals surface area (Å²) in [6.07, 6.45) is 1.72. The lowest BCUT2D eigenvalue weighted by Crippen LogP contribution is -2.32. The molecule has 0 bridgehead atoms. The van der Waals surface area contributed by atoms with Gasteiger partial charge in [-0.15, -0.1) is 0 Å². The fourth-order valence-electron chi connectivity index (χ4n) is 2.20. The minimum Gasteiger partial charge on any atom is -0.476 e. The first-order valence-electron chi connectivity index (χ1n) is 7.92. The molecule has 1 heterocycles. The van der Waals surface area contributed by atoms with E-state index in [1.54, 1.807) is 33.2 Å². The number of rotatable bonds is 6. The minimum atomic E-state index is -0.733. The molecule has 132 valence electrons. The molecule has 0 fully saturated rings. The van der Waals surface area contributed by atoms with E-state index in [1.165, 1.54) is 7.11 Å². The summed E-state index contributed by atoms with van der Waals surface area (Å²) in [6, 6.07) is 11.3. The standard InChI is InChI=1S/C19H23N3O3/c1-19(2,18(23)24-4)12-25-16-10-9-15(11-22-16)13-5-7-14(8-6-13)17(20)21-3/h5-11H,12H2,1-4H3,(H2,20,21). The van der Waals surface area contributed by atoms with Gasteiger partial charge in [0.25, 0.3) is 0 Å². The van der Waals surface area contributed by atoms with Crippen molar-refractivity contribution in [2.24, 2.45) is 5.41 Å². The van der Waals surface area contributed by atoms with Crippen LogP contribution in [0.4, 0.5) is 0 Å². The van der Waals surface area contributed by atoms with Crippen LogP contribution in [0.3, 0.4) is 0 Å². The van der Waals surface area contributed by atoms with Gasteiger partial charge >= 0.3 is 5.97 Å². The average Bonchev–Trinajstić information content (AvgIpc) is 2.65. The maximum absolute atomic E-state index is 11.6. The van der Waals surface area contributed by atoms with Gasteiger partial charge in [0.15, 0.2) is 0 Å². The predicted molar refractivity (Wildman–Crippen MR) is 96.9 cm³/mol. The number of pyridine rings is 1. The summed E-state index contributed by atoms with van der Waals surface area (Å²) in [6.45, 7) is 3.71. The lowest BCUT2D eigenvalue weighted by atomic mass is 9.95. The Kier molecular flexibility index (Phi) is 5.75. The molecule has 1 aromatic carbocycles. The number of nitrogens with zero attached hydrogens (tertiary/aromatic N) is 1. The summed E-state index contributed by atoms with van der Waals surface area (Å²) < 4.78 is 10.4. The summed E-state index contributed by atoms with van der Waals surface area (Å²) in [5.41, 5.74) is 2.04. The van der Waals surface area contributed by atoms with Gasteiger partial charge in [-0.25, -0.2) is 4.98 Å². The van der Waals surface area contributed by atoms with Crippen LogP contribution in [0.15, 0.2) is 42.6 Å². The van der Waals surface area contributed by atoms with Crippen LogP contribution in [0.2, 0.25) is 0 Å². The van der Waals surface area contributed by atoms with Crippen molar-refractivity contribution in [3.8, 4) is 17.0 Å². The Morgan fingerprint density at radius 2 is 1.80 bits per heavy atom. The molecule has 6 nitrogen and oxygen atoms in total. The SMILES string of the molecule is CNC(=N)c1ccc(-c2ccc(OCC(C)(C)C(=O)OC)nc2)cc1. The smallest absolute Gasteiger partial charge is 0.314 e. The van der Waals surface area contributed by atoms with Crippen molar-refractivity contribution < 1.29 is 14.3 Å². The summed E-state index contributed by atoms with van der Waals surface area (Å²) in [5.74, 6) is 0.507. The molecule has 2 aromatic rings. The lowest BCUT2D eigenvalue weighted by Gasteiger charge is -2.21. The van der Waals surface area contributed by atoms with Crippen molar-refractivity contribution in [1.82, 2.24) is 10.3 Å². The third-order valence-electron chi connectivity index (χ3n) is 3.81. The Morgan fingerprint density at radius 3 is 2.32 bits per heavy atom. The number of carbonyl (C=O) groups excluding carboxylic acids is 1. The molecule has 25 heavy (non-hydrogen) atoms. The van der Waals surface area contributed by atoms with E-state index < -0.39 is 5.41 Å². The Bertz CT molecular complexity index is 738. The first-order chi connectivity index (χ1) is 11.9. The third-order valence-corrected chi connectivity index (χ3v) is 3.81. The molecule has 1 aromatic heterocycles. The monoisotopic (exact) mass is 341 g/mol. The summed E-state index contributed by atoms with van der Waals surface area (Å²) in [5, 5.41) is 10.6.